The highest BCUT2D eigenvalue weighted by Crippen LogP contribution is 2.15. The molecule has 17 heavy (non-hydrogen) atoms. The number of pyridine rings is 1. The maximum atomic E-state index is 8.86. The Hall–Kier alpha value is -1.60. The lowest BCUT2D eigenvalue weighted by Crippen LogP contribution is -2.13. The molecule has 1 aliphatic rings. The topological polar surface area (TPSA) is 57.9 Å². The zero-order chi connectivity index (χ0) is 12.1. The zero-order valence-corrected chi connectivity index (χ0v) is 10.1. The molecule has 90 valence electrons. The molecule has 1 fully saturated rings. The van der Waals surface area contributed by atoms with Crippen LogP contribution in [0.3, 0.4) is 0 Å². The summed E-state index contributed by atoms with van der Waals surface area (Å²) in [6.45, 7) is 3.63. The Balaban J connectivity index is 1.85. The van der Waals surface area contributed by atoms with Crippen LogP contribution in [0, 0.1) is 18.3 Å². The fourth-order valence-corrected chi connectivity index (χ4v) is 2.06. The van der Waals surface area contributed by atoms with Gasteiger partial charge in [0.2, 0.25) is 0 Å². The third kappa shape index (κ3) is 3.43. The highest BCUT2D eigenvalue weighted by atomic mass is 16.5. The number of hydrogen-bond acceptors (Lipinski definition) is 4. The second kappa shape index (κ2) is 5.65. The van der Waals surface area contributed by atoms with E-state index in [-0.39, 0.29) is 0 Å². The molecule has 0 aromatic carbocycles. The summed E-state index contributed by atoms with van der Waals surface area (Å²) in [5.41, 5.74) is 1.51. The van der Waals surface area contributed by atoms with Crippen LogP contribution in [0.1, 0.15) is 30.5 Å². The van der Waals surface area contributed by atoms with E-state index in [1.807, 2.05) is 6.92 Å². The molecule has 1 unspecified atom stereocenters. The molecule has 1 aromatic heterocycles. The minimum Gasteiger partial charge on any atom is -0.378 e. The van der Waals surface area contributed by atoms with Crippen molar-refractivity contribution in [3.8, 4) is 6.07 Å². The Bertz CT molecular complexity index is 419. The normalized spacial score (nSPS) is 18.9. The molecule has 1 atom stereocenters. The van der Waals surface area contributed by atoms with Crippen LogP contribution in [0.2, 0.25) is 0 Å². The molecule has 1 N–H and O–H groups in total. The molecular weight excluding hydrogens is 214 g/mol. The molecule has 1 saturated heterocycles. The summed E-state index contributed by atoms with van der Waals surface area (Å²) in [4.78, 5) is 4.34. The van der Waals surface area contributed by atoms with Crippen molar-refractivity contribution in [1.82, 2.24) is 4.98 Å². The molecule has 0 spiro atoms. The molecule has 2 rings (SSSR count). The van der Waals surface area contributed by atoms with Crippen LogP contribution in [0.4, 0.5) is 5.82 Å². The number of nitrogens with one attached hydrogen (secondary N) is 1. The molecule has 0 radical (unpaired) electrons. The van der Waals surface area contributed by atoms with Crippen molar-refractivity contribution in [2.75, 3.05) is 18.5 Å². The van der Waals surface area contributed by atoms with Crippen LogP contribution in [0.5, 0.6) is 0 Å². The number of aromatic nitrogens is 1. The molecule has 0 amide bonds. The number of anilines is 1. The van der Waals surface area contributed by atoms with Gasteiger partial charge in [0.25, 0.3) is 0 Å². The van der Waals surface area contributed by atoms with Crippen molar-refractivity contribution in [2.45, 2.75) is 32.3 Å². The van der Waals surface area contributed by atoms with Gasteiger partial charge in [-0.3, -0.25) is 0 Å². The van der Waals surface area contributed by atoms with Gasteiger partial charge >= 0.3 is 0 Å². The van der Waals surface area contributed by atoms with Crippen LogP contribution in [-0.2, 0) is 4.74 Å². The summed E-state index contributed by atoms with van der Waals surface area (Å²) in [6.07, 6.45) is 3.72. The molecule has 0 aliphatic carbocycles. The number of nitrogens with zero attached hydrogens (tertiary/aromatic N) is 2. The zero-order valence-electron chi connectivity index (χ0n) is 10.1. The standard InChI is InChI=1S/C13H17N3O/c1-10-7-11(9-14)8-13(16-10)15-5-4-12-3-2-6-17-12/h7-8,12H,2-6H2,1H3,(H,15,16). The average Bonchev–Trinajstić information content (AvgIpc) is 2.81. The van der Waals surface area contributed by atoms with Gasteiger partial charge in [0.1, 0.15) is 5.82 Å². The second-order valence-corrected chi connectivity index (χ2v) is 4.34. The van der Waals surface area contributed by atoms with Gasteiger partial charge in [-0.25, -0.2) is 4.98 Å². The SMILES string of the molecule is Cc1cc(C#N)cc(NCCC2CCCO2)n1. The number of aryl methyl sites for hydroxylation is 1. The Kier molecular flexibility index (Phi) is 3.94. The fraction of sp³-hybridized carbons (Fsp3) is 0.538. The van der Waals surface area contributed by atoms with E-state index in [4.69, 9.17) is 10.00 Å². The third-order valence-electron chi connectivity index (χ3n) is 2.88. The molecule has 4 nitrogen and oxygen atoms in total. The van der Waals surface area contributed by atoms with Crippen molar-refractivity contribution < 1.29 is 4.74 Å². The molecule has 1 aliphatic heterocycles. The lowest BCUT2D eigenvalue weighted by atomic mass is 10.2. The first-order valence-corrected chi connectivity index (χ1v) is 6.02. The van der Waals surface area contributed by atoms with Crippen LogP contribution in [-0.4, -0.2) is 24.2 Å². The van der Waals surface area contributed by atoms with E-state index in [9.17, 15) is 0 Å². The minimum atomic E-state index is 0.391. The fourth-order valence-electron chi connectivity index (χ4n) is 2.06. The van der Waals surface area contributed by atoms with Crippen molar-refractivity contribution in [3.05, 3.63) is 23.4 Å². The van der Waals surface area contributed by atoms with Crippen LogP contribution in [0.25, 0.3) is 0 Å². The highest BCUT2D eigenvalue weighted by molar-refractivity contribution is 5.44. The van der Waals surface area contributed by atoms with Crippen LogP contribution >= 0.6 is 0 Å². The largest absolute Gasteiger partial charge is 0.378 e. The predicted molar refractivity (Wildman–Crippen MR) is 65.8 cm³/mol. The first-order valence-electron chi connectivity index (χ1n) is 6.02. The summed E-state index contributed by atoms with van der Waals surface area (Å²) in [7, 11) is 0. The van der Waals surface area contributed by atoms with Crippen LogP contribution < -0.4 is 5.32 Å². The van der Waals surface area contributed by atoms with Crippen LogP contribution in [0.15, 0.2) is 12.1 Å². The van der Waals surface area contributed by atoms with Gasteiger partial charge in [0.15, 0.2) is 0 Å². The highest BCUT2D eigenvalue weighted by Gasteiger charge is 2.14. The van der Waals surface area contributed by atoms with Gasteiger partial charge in [-0.2, -0.15) is 5.26 Å². The first-order chi connectivity index (χ1) is 8.28. The quantitative estimate of drug-likeness (QED) is 0.863. The monoisotopic (exact) mass is 231 g/mol. The predicted octanol–water partition coefficient (Wildman–Crippen LogP) is 2.24. The lowest BCUT2D eigenvalue weighted by Gasteiger charge is -2.10. The minimum absolute atomic E-state index is 0.391. The van der Waals surface area contributed by atoms with Gasteiger partial charge in [0, 0.05) is 18.8 Å². The Morgan fingerprint density at radius 3 is 3.18 bits per heavy atom. The summed E-state index contributed by atoms with van der Waals surface area (Å²) in [5, 5.41) is 12.1. The van der Waals surface area contributed by atoms with E-state index in [2.05, 4.69) is 16.4 Å². The molecule has 1 aromatic rings. The van der Waals surface area contributed by atoms with Gasteiger partial charge < -0.3 is 10.1 Å². The van der Waals surface area contributed by atoms with Crippen molar-refractivity contribution in [2.24, 2.45) is 0 Å². The maximum Gasteiger partial charge on any atom is 0.127 e. The summed E-state index contributed by atoms with van der Waals surface area (Å²) in [5.74, 6) is 0.777. The number of nitriles is 1. The molecular formula is C13H17N3O. The van der Waals surface area contributed by atoms with E-state index in [1.54, 1.807) is 12.1 Å². The second-order valence-electron chi connectivity index (χ2n) is 4.34. The molecule has 2 heterocycles. The van der Waals surface area contributed by atoms with Crippen molar-refractivity contribution in [3.63, 3.8) is 0 Å². The summed E-state index contributed by atoms with van der Waals surface area (Å²) < 4.78 is 5.55. The Morgan fingerprint density at radius 1 is 1.59 bits per heavy atom. The first kappa shape index (κ1) is 11.9. The van der Waals surface area contributed by atoms with Gasteiger partial charge in [-0.1, -0.05) is 0 Å². The number of rotatable bonds is 4. The smallest absolute Gasteiger partial charge is 0.127 e. The van der Waals surface area contributed by atoms with Crippen molar-refractivity contribution >= 4 is 5.82 Å². The van der Waals surface area contributed by atoms with E-state index in [0.29, 0.717) is 11.7 Å². The lowest BCUT2D eigenvalue weighted by molar-refractivity contribution is 0.107. The summed E-state index contributed by atoms with van der Waals surface area (Å²) in [6, 6.07) is 5.70. The third-order valence-corrected chi connectivity index (χ3v) is 2.88. The van der Waals surface area contributed by atoms with Gasteiger partial charge in [-0.05, 0) is 38.3 Å². The van der Waals surface area contributed by atoms with Crippen molar-refractivity contribution in [1.29, 1.82) is 5.26 Å². The number of hydrogen-bond donors (Lipinski definition) is 1. The van der Waals surface area contributed by atoms with E-state index in [0.717, 1.165) is 37.5 Å². The van der Waals surface area contributed by atoms with Gasteiger partial charge in [0.05, 0.1) is 17.7 Å². The molecule has 0 saturated carbocycles. The Morgan fingerprint density at radius 2 is 2.47 bits per heavy atom. The summed E-state index contributed by atoms with van der Waals surface area (Å²) >= 11 is 0. The van der Waals surface area contributed by atoms with E-state index in [1.165, 1.54) is 6.42 Å². The molecule has 0 bridgehead atoms. The maximum absolute atomic E-state index is 8.86. The average molecular weight is 231 g/mol. The molecule has 4 heteroatoms. The number of ether oxygens (including phenoxy) is 1. The van der Waals surface area contributed by atoms with E-state index < -0.39 is 0 Å². The Labute approximate surface area is 102 Å². The van der Waals surface area contributed by atoms with Gasteiger partial charge in [-0.15, -0.1) is 0 Å². The van der Waals surface area contributed by atoms with E-state index >= 15 is 0 Å².